The molecular formula is C6H7ClN2O. The second-order valence-corrected chi connectivity index (χ2v) is 1.91. The van der Waals surface area contributed by atoms with Crippen LogP contribution in [0.1, 0.15) is 11.6 Å². The molecule has 0 bridgehead atoms. The Morgan fingerprint density at radius 2 is 2.60 bits per heavy atom. The van der Waals surface area contributed by atoms with Crippen LogP contribution < -0.4 is 5.73 Å². The lowest BCUT2D eigenvalue weighted by Crippen LogP contribution is -1.95. The molecule has 0 aliphatic heterocycles. The highest BCUT2D eigenvalue weighted by Gasteiger charge is 1.96. The van der Waals surface area contributed by atoms with Crippen LogP contribution in [0.15, 0.2) is 16.2 Å². The zero-order valence-electron chi connectivity index (χ0n) is 5.25. The summed E-state index contributed by atoms with van der Waals surface area (Å²) in [6, 6.07) is 0. The highest BCUT2D eigenvalue weighted by molar-refractivity contribution is 6.27. The van der Waals surface area contributed by atoms with Crippen molar-refractivity contribution in [3.05, 3.63) is 23.4 Å². The van der Waals surface area contributed by atoms with Gasteiger partial charge in [-0.25, -0.2) is 4.98 Å². The normalized spacial score (nSPS) is 11.0. The molecule has 1 aromatic heterocycles. The van der Waals surface area contributed by atoms with E-state index in [4.69, 9.17) is 21.8 Å². The van der Waals surface area contributed by atoms with Crippen molar-refractivity contribution in [3.63, 3.8) is 0 Å². The summed E-state index contributed by atoms with van der Waals surface area (Å²) in [7, 11) is 0. The zero-order valence-corrected chi connectivity index (χ0v) is 6.01. The van der Waals surface area contributed by atoms with Crippen molar-refractivity contribution in [2.24, 2.45) is 5.73 Å². The van der Waals surface area contributed by atoms with Crippen LogP contribution >= 0.6 is 11.6 Å². The minimum absolute atomic E-state index is 0.316. The lowest BCUT2D eigenvalue weighted by molar-refractivity contribution is 0.497. The molecule has 0 aromatic carbocycles. The summed E-state index contributed by atoms with van der Waals surface area (Å²) in [6.07, 6.45) is 3.13. The van der Waals surface area contributed by atoms with Gasteiger partial charge < -0.3 is 10.2 Å². The predicted octanol–water partition coefficient (Wildman–Crippen LogP) is 1.34. The quantitative estimate of drug-likeness (QED) is 0.707. The molecule has 0 saturated carbocycles. The monoisotopic (exact) mass is 158 g/mol. The van der Waals surface area contributed by atoms with Crippen molar-refractivity contribution >= 4 is 17.7 Å². The SMILES string of the molecule is NCc1nc(C=CCl)co1. The molecule has 0 atom stereocenters. The van der Waals surface area contributed by atoms with Gasteiger partial charge in [-0.2, -0.15) is 0 Å². The van der Waals surface area contributed by atoms with E-state index in [2.05, 4.69) is 4.98 Å². The highest BCUT2D eigenvalue weighted by Crippen LogP contribution is 2.03. The molecule has 0 aliphatic carbocycles. The maximum absolute atomic E-state index is 5.30. The van der Waals surface area contributed by atoms with Gasteiger partial charge in [0.15, 0.2) is 0 Å². The Morgan fingerprint density at radius 1 is 1.80 bits per heavy atom. The van der Waals surface area contributed by atoms with E-state index in [1.165, 1.54) is 11.8 Å². The van der Waals surface area contributed by atoms with E-state index in [1.807, 2.05) is 0 Å². The standard InChI is InChI=1S/C6H7ClN2O/c7-2-1-5-4-10-6(3-8)9-5/h1-2,4H,3,8H2. The van der Waals surface area contributed by atoms with Crippen LogP contribution in [0.3, 0.4) is 0 Å². The van der Waals surface area contributed by atoms with Crippen molar-refractivity contribution in [2.75, 3.05) is 0 Å². The van der Waals surface area contributed by atoms with Gasteiger partial charge in [0.2, 0.25) is 5.89 Å². The summed E-state index contributed by atoms with van der Waals surface area (Å²) in [5.41, 5.74) is 7.31. The Kier molecular flexibility index (Phi) is 2.48. The van der Waals surface area contributed by atoms with Crippen molar-refractivity contribution < 1.29 is 4.42 Å². The first-order chi connectivity index (χ1) is 4.86. The van der Waals surface area contributed by atoms with Crippen LogP contribution in [-0.2, 0) is 6.54 Å². The third-order valence-electron chi connectivity index (χ3n) is 0.978. The Hall–Kier alpha value is -0.800. The number of nitrogens with zero attached hydrogens (tertiary/aromatic N) is 1. The summed E-state index contributed by atoms with van der Waals surface area (Å²) in [4.78, 5) is 3.96. The topological polar surface area (TPSA) is 52.0 Å². The second-order valence-electron chi connectivity index (χ2n) is 1.66. The van der Waals surface area contributed by atoms with E-state index >= 15 is 0 Å². The molecule has 0 radical (unpaired) electrons. The molecule has 0 amide bonds. The number of nitrogens with two attached hydrogens (primary N) is 1. The van der Waals surface area contributed by atoms with Crippen molar-refractivity contribution in [1.29, 1.82) is 0 Å². The van der Waals surface area contributed by atoms with Crippen LogP contribution in [0.2, 0.25) is 0 Å². The van der Waals surface area contributed by atoms with Crippen LogP contribution in [0, 0.1) is 0 Å². The van der Waals surface area contributed by atoms with Crippen LogP contribution in [-0.4, -0.2) is 4.98 Å². The fourth-order valence-corrected chi connectivity index (χ4v) is 0.689. The first kappa shape index (κ1) is 7.31. The fraction of sp³-hybridized carbons (Fsp3) is 0.167. The molecule has 4 heteroatoms. The average molecular weight is 159 g/mol. The molecule has 0 unspecified atom stereocenters. The maximum Gasteiger partial charge on any atom is 0.208 e. The van der Waals surface area contributed by atoms with E-state index in [1.54, 1.807) is 6.08 Å². The lowest BCUT2D eigenvalue weighted by atomic mass is 10.5. The zero-order chi connectivity index (χ0) is 7.40. The second kappa shape index (κ2) is 3.39. The largest absolute Gasteiger partial charge is 0.447 e. The minimum atomic E-state index is 0.316. The molecule has 1 heterocycles. The van der Waals surface area contributed by atoms with Gasteiger partial charge in [0, 0.05) is 5.54 Å². The van der Waals surface area contributed by atoms with Crippen LogP contribution in [0.4, 0.5) is 0 Å². The molecule has 54 valence electrons. The number of halogens is 1. The van der Waals surface area contributed by atoms with Gasteiger partial charge in [-0.1, -0.05) is 11.6 Å². The number of hydrogen-bond acceptors (Lipinski definition) is 3. The molecule has 2 N–H and O–H groups in total. The van der Waals surface area contributed by atoms with Gasteiger partial charge in [0.1, 0.15) is 12.0 Å². The van der Waals surface area contributed by atoms with E-state index < -0.39 is 0 Å². The molecule has 1 rings (SSSR count). The molecule has 0 fully saturated rings. The van der Waals surface area contributed by atoms with Gasteiger partial charge in [0.25, 0.3) is 0 Å². The molecule has 0 spiro atoms. The van der Waals surface area contributed by atoms with Crippen molar-refractivity contribution in [3.8, 4) is 0 Å². The van der Waals surface area contributed by atoms with Crippen molar-refractivity contribution in [2.45, 2.75) is 6.54 Å². The summed E-state index contributed by atoms with van der Waals surface area (Å²) in [5, 5.41) is 0. The number of aromatic nitrogens is 1. The summed E-state index contributed by atoms with van der Waals surface area (Å²) >= 11 is 5.30. The Bertz CT molecular complexity index is 231. The van der Waals surface area contributed by atoms with E-state index in [0.29, 0.717) is 18.1 Å². The van der Waals surface area contributed by atoms with Crippen LogP contribution in [0.25, 0.3) is 6.08 Å². The Labute approximate surface area is 63.5 Å². The summed E-state index contributed by atoms with van der Waals surface area (Å²) in [6.45, 7) is 0.316. The molecule has 1 aromatic rings. The smallest absolute Gasteiger partial charge is 0.208 e. The third kappa shape index (κ3) is 1.59. The minimum Gasteiger partial charge on any atom is -0.447 e. The average Bonchev–Trinajstić information content (AvgIpc) is 2.37. The number of rotatable bonds is 2. The van der Waals surface area contributed by atoms with Crippen molar-refractivity contribution in [1.82, 2.24) is 4.98 Å². The molecule has 0 saturated heterocycles. The van der Waals surface area contributed by atoms with Crippen LogP contribution in [0.5, 0.6) is 0 Å². The molecule has 3 nitrogen and oxygen atoms in total. The Balaban J connectivity index is 2.78. The van der Waals surface area contributed by atoms with Gasteiger partial charge >= 0.3 is 0 Å². The highest BCUT2D eigenvalue weighted by atomic mass is 35.5. The first-order valence-electron chi connectivity index (χ1n) is 2.78. The Morgan fingerprint density at radius 3 is 3.10 bits per heavy atom. The fourth-order valence-electron chi connectivity index (χ4n) is 0.560. The molecule has 10 heavy (non-hydrogen) atoms. The maximum atomic E-state index is 5.30. The number of oxazole rings is 1. The van der Waals surface area contributed by atoms with Gasteiger partial charge in [0.05, 0.1) is 6.54 Å². The third-order valence-corrected chi connectivity index (χ3v) is 1.10. The van der Waals surface area contributed by atoms with E-state index in [-0.39, 0.29) is 0 Å². The molecular weight excluding hydrogens is 152 g/mol. The first-order valence-corrected chi connectivity index (χ1v) is 3.21. The molecule has 0 aliphatic rings. The lowest BCUT2D eigenvalue weighted by Gasteiger charge is -1.79. The van der Waals surface area contributed by atoms with E-state index in [0.717, 1.165) is 0 Å². The summed E-state index contributed by atoms with van der Waals surface area (Å²) in [5.74, 6) is 0.518. The van der Waals surface area contributed by atoms with Gasteiger partial charge in [-0.05, 0) is 6.08 Å². The van der Waals surface area contributed by atoms with Gasteiger partial charge in [-0.3, -0.25) is 0 Å². The number of hydrogen-bond donors (Lipinski definition) is 1. The van der Waals surface area contributed by atoms with Gasteiger partial charge in [-0.15, -0.1) is 0 Å². The predicted molar refractivity (Wildman–Crippen MR) is 39.3 cm³/mol. The summed E-state index contributed by atoms with van der Waals surface area (Å²) < 4.78 is 4.92. The van der Waals surface area contributed by atoms with E-state index in [9.17, 15) is 0 Å².